The summed E-state index contributed by atoms with van der Waals surface area (Å²) < 4.78 is 0. The van der Waals surface area contributed by atoms with Gasteiger partial charge < -0.3 is 10.2 Å². The molecule has 1 unspecified atom stereocenters. The maximum absolute atomic E-state index is 12.4. The van der Waals surface area contributed by atoms with Gasteiger partial charge in [0.25, 0.3) is 0 Å². The number of carbonyl (C=O) groups is 1. The van der Waals surface area contributed by atoms with Crippen molar-refractivity contribution in [2.75, 3.05) is 32.7 Å². The number of nitrogens with one attached hydrogen (secondary N) is 1. The molecule has 2 aliphatic heterocycles. The van der Waals surface area contributed by atoms with Crippen molar-refractivity contribution in [1.82, 2.24) is 15.1 Å². The van der Waals surface area contributed by atoms with E-state index in [1.165, 1.54) is 25.7 Å². The Bertz CT molecular complexity index is 372. The number of carbonyl (C=O) groups excluding carboxylic acids is 1. The van der Waals surface area contributed by atoms with Crippen molar-refractivity contribution >= 4 is 30.7 Å². The second-order valence-corrected chi connectivity index (χ2v) is 7.82. The molecule has 2 saturated heterocycles. The zero-order valence-electron chi connectivity index (χ0n) is 15.2. The van der Waals surface area contributed by atoms with Crippen LogP contribution in [0.4, 0.5) is 0 Å². The van der Waals surface area contributed by atoms with Crippen molar-refractivity contribution in [1.29, 1.82) is 0 Å². The van der Waals surface area contributed by atoms with Gasteiger partial charge in [-0.3, -0.25) is 9.69 Å². The third-order valence-electron chi connectivity index (χ3n) is 6.18. The van der Waals surface area contributed by atoms with E-state index in [0.717, 1.165) is 63.4 Å². The molecule has 0 spiro atoms. The number of hydrogen-bond acceptors (Lipinski definition) is 3. The number of amides is 1. The van der Waals surface area contributed by atoms with Gasteiger partial charge in [0, 0.05) is 32.2 Å². The highest BCUT2D eigenvalue weighted by molar-refractivity contribution is 5.85. The second-order valence-electron chi connectivity index (χ2n) is 7.82. The summed E-state index contributed by atoms with van der Waals surface area (Å²) in [7, 11) is 0. The van der Waals surface area contributed by atoms with E-state index in [0.29, 0.717) is 5.91 Å². The van der Waals surface area contributed by atoms with Gasteiger partial charge in [-0.1, -0.05) is 13.8 Å². The van der Waals surface area contributed by atoms with E-state index in [4.69, 9.17) is 0 Å². The van der Waals surface area contributed by atoms with Crippen LogP contribution < -0.4 is 5.32 Å². The Hall–Kier alpha value is -0.0300. The van der Waals surface area contributed by atoms with Crippen molar-refractivity contribution in [2.45, 2.75) is 64.5 Å². The Labute approximate surface area is 159 Å². The number of rotatable bonds is 3. The quantitative estimate of drug-likeness (QED) is 0.818. The predicted molar refractivity (Wildman–Crippen MR) is 104 cm³/mol. The number of nitrogens with zero attached hydrogens (tertiary/aromatic N) is 2. The van der Waals surface area contributed by atoms with Crippen LogP contribution in [0, 0.1) is 11.8 Å². The summed E-state index contributed by atoms with van der Waals surface area (Å²) in [4.78, 5) is 17.2. The van der Waals surface area contributed by atoms with Crippen LogP contribution in [-0.4, -0.2) is 60.5 Å². The van der Waals surface area contributed by atoms with E-state index >= 15 is 0 Å². The van der Waals surface area contributed by atoms with Gasteiger partial charge in [-0.25, -0.2) is 0 Å². The highest BCUT2D eigenvalue weighted by atomic mass is 35.5. The SMILES string of the molecule is CC(C)C1CCC(N2CCN(C(=O)C3CCCN3)CC2)CC1.Cl.Cl. The number of piperazine rings is 1. The van der Waals surface area contributed by atoms with Gasteiger partial charge in [0.2, 0.25) is 5.91 Å². The Morgan fingerprint density at radius 1 is 0.958 bits per heavy atom. The molecule has 1 atom stereocenters. The highest BCUT2D eigenvalue weighted by Gasteiger charge is 2.32. The minimum Gasteiger partial charge on any atom is -0.339 e. The molecule has 0 bridgehead atoms. The van der Waals surface area contributed by atoms with E-state index in [9.17, 15) is 4.79 Å². The predicted octanol–water partition coefficient (Wildman–Crippen LogP) is 2.94. The topological polar surface area (TPSA) is 35.6 Å². The van der Waals surface area contributed by atoms with Crippen molar-refractivity contribution in [3.63, 3.8) is 0 Å². The zero-order chi connectivity index (χ0) is 15.5. The molecule has 1 aliphatic carbocycles. The van der Waals surface area contributed by atoms with E-state index in [1.54, 1.807) is 0 Å². The van der Waals surface area contributed by atoms with Crippen LogP contribution in [0.25, 0.3) is 0 Å². The van der Waals surface area contributed by atoms with Crippen LogP contribution in [0.5, 0.6) is 0 Å². The molecular formula is C18H35Cl2N3O. The zero-order valence-corrected chi connectivity index (χ0v) is 16.8. The molecular weight excluding hydrogens is 345 g/mol. The Balaban J connectivity index is 0.00000144. The fraction of sp³-hybridized carbons (Fsp3) is 0.944. The van der Waals surface area contributed by atoms with E-state index < -0.39 is 0 Å². The maximum atomic E-state index is 12.4. The van der Waals surface area contributed by atoms with Crippen LogP contribution >= 0.6 is 24.8 Å². The lowest BCUT2D eigenvalue weighted by atomic mass is 9.79. The second kappa shape index (κ2) is 10.2. The molecule has 0 aromatic rings. The fourth-order valence-electron chi connectivity index (χ4n) is 4.56. The monoisotopic (exact) mass is 379 g/mol. The molecule has 2 heterocycles. The molecule has 3 rings (SSSR count). The maximum Gasteiger partial charge on any atom is 0.239 e. The van der Waals surface area contributed by atoms with Gasteiger partial charge in [0.05, 0.1) is 6.04 Å². The van der Waals surface area contributed by atoms with Gasteiger partial charge in [0.1, 0.15) is 0 Å². The summed E-state index contributed by atoms with van der Waals surface area (Å²) in [5, 5.41) is 3.34. The van der Waals surface area contributed by atoms with E-state index in [1.807, 2.05) is 0 Å². The van der Waals surface area contributed by atoms with Crippen molar-refractivity contribution in [3.05, 3.63) is 0 Å². The van der Waals surface area contributed by atoms with Crippen LogP contribution in [0.1, 0.15) is 52.4 Å². The summed E-state index contributed by atoms with van der Waals surface area (Å²) in [6.07, 6.45) is 7.69. The molecule has 1 amide bonds. The van der Waals surface area contributed by atoms with Crippen molar-refractivity contribution < 1.29 is 4.79 Å². The first kappa shape index (κ1) is 22.0. The average Bonchev–Trinajstić information content (AvgIpc) is 3.09. The van der Waals surface area contributed by atoms with E-state index in [2.05, 4.69) is 29.0 Å². The van der Waals surface area contributed by atoms with Crippen LogP contribution in [0.3, 0.4) is 0 Å². The minimum atomic E-state index is 0. The third-order valence-corrected chi connectivity index (χ3v) is 6.18. The van der Waals surface area contributed by atoms with Gasteiger partial charge in [-0.05, 0) is 56.9 Å². The lowest BCUT2D eigenvalue weighted by Gasteiger charge is -2.43. The van der Waals surface area contributed by atoms with Gasteiger partial charge in [-0.2, -0.15) is 0 Å². The van der Waals surface area contributed by atoms with Crippen molar-refractivity contribution in [3.8, 4) is 0 Å². The molecule has 6 heteroatoms. The largest absolute Gasteiger partial charge is 0.339 e. The van der Waals surface area contributed by atoms with Crippen LogP contribution in [0.15, 0.2) is 0 Å². The summed E-state index contributed by atoms with van der Waals surface area (Å²) >= 11 is 0. The smallest absolute Gasteiger partial charge is 0.239 e. The Morgan fingerprint density at radius 2 is 1.58 bits per heavy atom. The Kier molecular flexibility index (Phi) is 9.35. The molecule has 1 N–H and O–H groups in total. The summed E-state index contributed by atoms with van der Waals surface area (Å²) in [5.41, 5.74) is 0. The molecule has 0 aromatic carbocycles. The summed E-state index contributed by atoms with van der Waals surface area (Å²) in [5.74, 6) is 2.13. The fourth-order valence-corrected chi connectivity index (χ4v) is 4.56. The van der Waals surface area contributed by atoms with Crippen molar-refractivity contribution in [2.24, 2.45) is 11.8 Å². The molecule has 0 aromatic heterocycles. The molecule has 3 aliphatic rings. The number of hydrogen-bond donors (Lipinski definition) is 1. The molecule has 0 radical (unpaired) electrons. The lowest BCUT2D eigenvalue weighted by Crippen LogP contribution is -2.55. The first-order valence-electron chi connectivity index (χ1n) is 9.41. The van der Waals surface area contributed by atoms with Gasteiger partial charge in [0.15, 0.2) is 0 Å². The lowest BCUT2D eigenvalue weighted by molar-refractivity contribution is -0.135. The Morgan fingerprint density at radius 3 is 2.08 bits per heavy atom. The highest BCUT2D eigenvalue weighted by Crippen LogP contribution is 2.32. The van der Waals surface area contributed by atoms with E-state index in [-0.39, 0.29) is 30.9 Å². The molecule has 3 fully saturated rings. The third kappa shape index (κ3) is 5.23. The van der Waals surface area contributed by atoms with Crippen LogP contribution in [0.2, 0.25) is 0 Å². The van der Waals surface area contributed by atoms with Gasteiger partial charge in [-0.15, -0.1) is 24.8 Å². The van der Waals surface area contributed by atoms with Crippen LogP contribution in [-0.2, 0) is 4.79 Å². The first-order chi connectivity index (χ1) is 10.6. The number of halogens is 2. The van der Waals surface area contributed by atoms with Gasteiger partial charge >= 0.3 is 0 Å². The molecule has 1 saturated carbocycles. The standard InChI is InChI=1S/C18H33N3O.2ClH/c1-14(2)15-5-7-16(8-6-15)20-10-12-21(13-11-20)18(22)17-4-3-9-19-17;;/h14-17,19H,3-13H2,1-2H3;2*1H. The molecule has 142 valence electrons. The normalized spacial score (nSPS) is 31.5. The first-order valence-corrected chi connectivity index (χ1v) is 9.41. The summed E-state index contributed by atoms with van der Waals surface area (Å²) in [6, 6.07) is 0.880. The molecule has 4 nitrogen and oxygen atoms in total. The molecule has 24 heavy (non-hydrogen) atoms. The minimum absolute atomic E-state index is 0. The summed E-state index contributed by atoms with van der Waals surface area (Å²) in [6.45, 7) is 9.77. The average molecular weight is 380 g/mol.